The van der Waals surface area contributed by atoms with Crippen LogP contribution < -0.4 is 0 Å². The van der Waals surface area contributed by atoms with Crippen LogP contribution in [0.5, 0.6) is 0 Å². The number of carbonyl (C=O) groups is 2. The van der Waals surface area contributed by atoms with Crippen molar-refractivity contribution in [3.05, 3.63) is 60.7 Å². The summed E-state index contributed by atoms with van der Waals surface area (Å²) in [4.78, 5) is 24.1. The van der Waals surface area contributed by atoms with E-state index < -0.39 is 30.0 Å². The summed E-state index contributed by atoms with van der Waals surface area (Å²) in [6.07, 6.45) is 2.65. The lowest BCUT2D eigenvalue weighted by Crippen LogP contribution is -2.38. The summed E-state index contributed by atoms with van der Waals surface area (Å²) in [7, 11) is -9.62. The molecule has 2 aromatic carbocycles. The summed E-state index contributed by atoms with van der Waals surface area (Å²) in [5, 5.41) is 0. The number of benzene rings is 2. The fraction of sp³-hybridized carbons (Fsp3) is 0.273. The molecule has 0 unspecified atom stereocenters. The number of hydrogen-bond donors (Lipinski definition) is 2. The van der Waals surface area contributed by atoms with E-state index in [2.05, 4.69) is 18.7 Å². The first kappa shape index (κ1) is 27.3. The maximum atomic E-state index is 11.5. The zero-order chi connectivity index (χ0) is 25.5. The van der Waals surface area contributed by atoms with E-state index in [-0.39, 0.29) is 17.4 Å². The topological polar surface area (TPSA) is 149 Å². The maximum absolute atomic E-state index is 11.5. The number of carbonyl (C=O) groups excluding carboxylic acids is 2. The SMILES string of the molecule is CCN(CC)CCN1C(=O)C=CC1=O.O=S(=O)(O)c1cccc(-c2ccccc2)c1S(=O)(=O)O. The molecule has 2 aromatic rings. The molecule has 1 aliphatic rings. The summed E-state index contributed by atoms with van der Waals surface area (Å²) >= 11 is 0. The Kier molecular flexibility index (Phi) is 9.24. The van der Waals surface area contributed by atoms with Crippen LogP contribution in [-0.2, 0) is 29.8 Å². The van der Waals surface area contributed by atoms with Gasteiger partial charge in [0.1, 0.15) is 9.79 Å². The lowest BCUT2D eigenvalue weighted by Gasteiger charge is -2.21. The summed E-state index contributed by atoms with van der Waals surface area (Å²) in [5.41, 5.74) is 0.383. The third kappa shape index (κ3) is 7.05. The lowest BCUT2D eigenvalue weighted by atomic mass is 10.1. The van der Waals surface area contributed by atoms with E-state index in [9.17, 15) is 31.0 Å². The molecule has 3 rings (SSSR count). The van der Waals surface area contributed by atoms with E-state index in [1.54, 1.807) is 30.3 Å². The summed E-state index contributed by atoms with van der Waals surface area (Å²) in [5.74, 6) is -0.385. The fourth-order valence-corrected chi connectivity index (χ4v) is 5.28. The van der Waals surface area contributed by atoms with Crippen LogP contribution in [0, 0.1) is 0 Å². The van der Waals surface area contributed by atoms with Gasteiger partial charge in [-0.15, -0.1) is 0 Å². The second-order valence-electron chi connectivity index (χ2n) is 7.14. The summed E-state index contributed by atoms with van der Waals surface area (Å²) in [6, 6.07) is 11.6. The molecule has 1 aliphatic heterocycles. The molecular weight excluding hydrogens is 484 g/mol. The van der Waals surface area contributed by atoms with Crippen LogP contribution >= 0.6 is 0 Å². The van der Waals surface area contributed by atoms with E-state index in [1.165, 1.54) is 29.2 Å². The van der Waals surface area contributed by atoms with Crippen molar-refractivity contribution in [3.63, 3.8) is 0 Å². The number of nitrogens with zero attached hydrogens (tertiary/aromatic N) is 2. The molecule has 0 aromatic heterocycles. The number of hydrogen-bond acceptors (Lipinski definition) is 7. The number of amides is 2. The maximum Gasteiger partial charge on any atom is 0.296 e. The monoisotopic (exact) mass is 510 g/mol. The molecule has 2 N–H and O–H groups in total. The van der Waals surface area contributed by atoms with Crippen LogP contribution in [-0.4, -0.2) is 73.7 Å². The number of rotatable bonds is 8. The number of imide groups is 1. The van der Waals surface area contributed by atoms with Gasteiger partial charge in [-0.3, -0.25) is 23.6 Å². The normalized spacial score (nSPS) is 13.9. The first-order chi connectivity index (χ1) is 15.9. The quantitative estimate of drug-likeness (QED) is 0.402. The summed E-state index contributed by atoms with van der Waals surface area (Å²) in [6.45, 7) is 7.27. The molecule has 0 radical (unpaired) electrons. The molecule has 34 heavy (non-hydrogen) atoms. The van der Waals surface area contributed by atoms with E-state index in [4.69, 9.17) is 4.55 Å². The van der Waals surface area contributed by atoms with Crippen molar-refractivity contribution < 1.29 is 35.5 Å². The molecule has 0 spiro atoms. The van der Waals surface area contributed by atoms with Crippen LogP contribution in [0.1, 0.15) is 13.8 Å². The molecule has 0 aliphatic carbocycles. The van der Waals surface area contributed by atoms with Crippen molar-refractivity contribution in [1.82, 2.24) is 9.80 Å². The van der Waals surface area contributed by atoms with Crippen molar-refractivity contribution in [2.24, 2.45) is 0 Å². The first-order valence-electron chi connectivity index (χ1n) is 10.3. The van der Waals surface area contributed by atoms with Crippen LogP contribution in [0.4, 0.5) is 0 Å². The van der Waals surface area contributed by atoms with Crippen molar-refractivity contribution in [2.45, 2.75) is 23.6 Å². The van der Waals surface area contributed by atoms with Gasteiger partial charge in [0, 0.05) is 30.8 Å². The van der Waals surface area contributed by atoms with Gasteiger partial charge < -0.3 is 4.90 Å². The van der Waals surface area contributed by atoms with E-state index >= 15 is 0 Å². The molecule has 0 saturated carbocycles. The first-order valence-corrected chi connectivity index (χ1v) is 13.2. The molecule has 1 heterocycles. The minimum atomic E-state index is -4.83. The molecule has 0 saturated heterocycles. The van der Waals surface area contributed by atoms with Crippen LogP contribution in [0.2, 0.25) is 0 Å². The van der Waals surface area contributed by atoms with Gasteiger partial charge in [-0.05, 0) is 24.7 Å². The highest BCUT2D eigenvalue weighted by Gasteiger charge is 2.27. The predicted octanol–water partition coefficient (Wildman–Crippen LogP) is 2.10. The predicted molar refractivity (Wildman–Crippen MR) is 125 cm³/mol. The van der Waals surface area contributed by atoms with Crippen LogP contribution in [0.25, 0.3) is 11.1 Å². The Morgan fingerprint density at radius 2 is 1.35 bits per heavy atom. The largest absolute Gasteiger partial charge is 0.302 e. The van der Waals surface area contributed by atoms with Gasteiger partial charge in [-0.25, -0.2) is 0 Å². The van der Waals surface area contributed by atoms with Gasteiger partial charge in [0.25, 0.3) is 32.1 Å². The minimum absolute atomic E-state index is 0.0109. The molecule has 0 atom stereocenters. The second-order valence-corrected chi connectivity index (χ2v) is 9.89. The zero-order valence-corrected chi connectivity index (χ0v) is 20.3. The highest BCUT2D eigenvalue weighted by atomic mass is 32.2. The van der Waals surface area contributed by atoms with Gasteiger partial charge in [0.05, 0.1) is 0 Å². The Balaban J connectivity index is 0.000000257. The van der Waals surface area contributed by atoms with Gasteiger partial charge >= 0.3 is 0 Å². The van der Waals surface area contributed by atoms with E-state index in [0.29, 0.717) is 12.1 Å². The zero-order valence-electron chi connectivity index (χ0n) is 18.7. The lowest BCUT2D eigenvalue weighted by molar-refractivity contribution is -0.137. The Morgan fingerprint density at radius 1 is 0.794 bits per heavy atom. The van der Waals surface area contributed by atoms with Crippen molar-refractivity contribution in [2.75, 3.05) is 26.2 Å². The molecule has 0 fully saturated rings. The molecule has 2 amide bonds. The van der Waals surface area contributed by atoms with Crippen LogP contribution in [0.3, 0.4) is 0 Å². The van der Waals surface area contributed by atoms with E-state index in [1.807, 2.05) is 0 Å². The molecular formula is C22H26N2O8S2. The minimum Gasteiger partial charge on any atom is -0.302 e. The van der Waals surface area contributed by atoms with E-state index in [0.717, 1.165) is 25.7 Å². The Labute approximate surface area is 199 Å². The van der Waals surface area contributed by atoms with Gasteiger partial charge in [-0.1, -0.05) is 56.3 Å². The standard InChI is InChI=1S/C12H10O6S2.C10H16N2O2/c13-19(14,15)11-8-4-7-10(12(11)20(16,17)18)9-5-2-1-3-6-9;1-3-11(4-2)7-8-12-9(13)5-6-10(12)14/h1-8H,(H,13,14,15)(H,16,17,18);5-6H,3-4,7-8H2,1-2H3. The smallest absolute Gasteiger partial charge is 0.296 e. The van der Waals surface area contributed by atoms with Crippen molar-refractivity contribution in [3.8, 4) is 11.1 Å². The highest BCUT2D eigenvalue weighted by Crippen LogP contribution is 2.32. The van der Waals surface area contributed by atoms with Crippen molar-refractivity contribution >= 4 is 32.1 Å². The van der Waals surface area contributed by atoms with Gasteiger partial charge in [-0.2, -0.15) is 16.8 Å². The second kappa shape index (κ2) is 11.5. The average Bonchev–Trinajstić information content (AvgIpc) is 3.11. The van der Waals surface area contributed by atoms with Crippen LogP contribution in [0.15, 0.2) is 70.5 Å². The third-order valence-electron chi connectivity index (χ3n) is 5.03. The molecule has 12 heteroatoms. The van der Waals surface area contributed by atoms with Gasteiger partial charge in [0.2, 0.25) is 0 Å². The highest BCUT2D eigenvalue weighted by molar-refractivity contribution is 7.89. The Morgan fingerprint density at radius 3 is 1.82 bits per heavy atom. The van der Waals surface area contributed by atoms with Gasteiger partial charge in [0.15, 0.2) is 0 Å². The average molecular weight is 511 g/mol. The number of likely N-dealkylation sites (N-methyl/N-ethyl adjacent to an activating group) is 1. The Bertz CT molecular complexity index is 1250. The Hall–Kier alpha value is -2.90. The third-order valence-corrected chi connectivity index (χ3v) is 7.02. The van der Waals surface area contributed by atoms with Crippen molar-refractivity contribution in [1.29, 1.82) is 0 Å². The molecule has 184 valence electrons. The fourth-order valence-electron chi connectivity index (χ4n) is 3.26. The molecule has 0 bridgehead atoms. The summed E-state index contributed by atoms with van der Waals surface area (Å²) < 4.78 is 63.9. The molecule has 10 nitrogen and oxygen atoms in total.